The molecular weight excluding hydrogens is 404 g/mol. The van der Waals surface area contributed by atoms with Gasteiger partial charge in [-0.1, -0.05) is 31.2 Å². The maximum absolute atomic E-state index is 13.3. The zero-order valence-electron chi connectivity index (χ0n) is 17.1. The molecular formula is C23H25F2N3OS. The molecule has 3 aromatic rings. The lowest BCUT2D eigenvalue weighted by molar-refractivity contribution is 0.0934. The summed E-state index contributed by atoms with van der Waals surface area (Å²) in [7, 11) is 0. The van der Waals surface area contributed by atoms with Crippen LogP contribution in [0.15, 0.2) is 53.9 Å². The van der Waals surface area contributed by atoms with Gasteiger partial charge in [-0.15, -0.1) is 11.3 Å². The molecule has 0 aliphatic rings. The van der Waals surface area contributed by atoms with E-state index in [0.29, 0.717) is 25.3 Å². The molecule has 30 heavy (non-hydrogen) atoms. The predicted molar refractivity (Wildman–Crippen MR) is 115 cm³/mol. The van der Waals surface area contributed by atoms with E-state index in [9.17, 15) is 13.6 Å². The van der Waals surface area contributed by atoms with Crippen LogP contribution in [0.3, 0.4) is 0 Å². The molecule has 0 aliphatic carbocycles. The van der Waals surface area contributed by atoms with Crippen LogP contribution in [0, 0.1) is 11.6 Å². The summed E-state index contributed by atoms with van der Waals surface area (Å²) >= 11 is 1.43. The minimum Gasteiger partial charge on any atom is -0.348 e. The molecule has 4 nitrogen and oxygen atoms in total. The molecule has 0 saturated heterocycles. The van der Waals surface area contributed by atoms with E-state index in [1.165, 1.54) is 35.6 Å². The fourth-order valence-electron chi connectivity index (χ4n) is 2.94. The average Bonchev–Trinajstić information content (AvgIpc) is 3.20. The number of thiazole rings is 1. The minimum absolute atomic E-state index is 0.0936. The molecule has 0 spiro atoms. The van der Waals surface area contributed by atoms with Gasteiger partial charge in [-0.05, 0) is 48.7 Å². The summed E-state index contributed by atoms with van der Waals surface area (Å²) in [5.74, 6) is -0.725. The van der Waals surface area contributed by atoms with Crippen LogP contribution in [0.4, 0.5) is 8.78 Å². The summed E-state index contributed by atoms with van der Waals surface area (Å²) in [6.45, 7) is 5.64. The van der Waals surface area contributed by atoms with E-state index >= 15 is 0 Å². The summed E-state index contributed by atoms with van der Waals surface area (Å²) < 4.78 is 26.5. The monoisotopic (exact) mass is 429 g/mol. The Kier molecular flexibility index (Phi) is 7.65. The number of amides is 1. The first-order valence-electron chi connectivity index (χ1n) is 9.89. The van der Waals surface area contributed by atoms with Crippen molar-refractivity contribution in [1.29, 1.82) is 0 Å². The minimum atomic E-state index is -0.277. The number of aromatic nitrogens is 1. The standard InChI is InChI=1S/C23H25F2N3OS/c1-3-16(2)26-23(29)21-15-30-22(27-21)14-28(12-17-4-8-19(24)9-5-17)13-18-6-10-20(25)11-7-18/h4-11,15-16H,3,12-14H2,1-2H3,(H,26,29). The van der Waals surface area contributed by atoms with Gasteiger partial charge < -0.3 is 5.32 Å². The highest BCUT2D eigenvalue weighted by molar-refractivity contribution is 7.09. The number of benzene rings is 2. The van der Waals surface area contributed by atoms with Crippen molar-refractivity contribution in [2.24, 2.45) is 0 Å². The first-order chi connectivity index (χ1) is 14.4. The Labute approximate surface area is 179 Å². The highest BCUT2D eigenvalue weighted by Gasteiger charge is 2.15. The van der Waals surface area contributed by atoms with Crippen molar-refractivity contribution in [3.8, 4) is 0 Å². The Hall–Kier alpha value is -2.64. The molecule has 158 valence electrons. The first kappa shape index (κ1) is 22.1. The number of nitrogens with one attached hydrogen (secondary N) is 1. The largest absolute Gasteiger partial charge is 0.348 e. The smallest absolute Gasteiger partial charge is 0.270 e. The number of nitrogens with zero attached hydrogens (tertiary/aromatic N) is 2. The molecule has 1 N–H and O–H groups in total. The SMILES string of the molecule is CCC(C)NC(=O)c1csc(CN(Cc2ccc(F)cc2)Cc2ccc(F)cc2)n1. The lowest BCUT2D eigenvalue weighted by Crippen LogP contribution is -2.32. The second kappa shape index (κ2) is 10.4. The second-order valence-electron chi connectivity index (χ2n) is 7.31. The van der Waals surface area contributed by atoms with Crippen LogP contribution in [0.1, 0.15) is 46.9 Å². The molecule has 0 aliphatic heterocycles. The van der Waals surface area contributed by atoms with Gasteiger partial charge in [0.1, 0.15) is 22.3 Å². The van der Waals surface area contributed by atoms with E-state index in [4.69, 9.17) is 0 Å². The Balaban J connectivity index is 1.73. The lowest BCUT2D eigenvalue weighted by Gasteiger charge is -2.21. The average molecular weight is 430 g/mol. The highest BCUT2D eigenvalue weighted by Crippen LogP contribution is 2.18. The van der Waals surface area contributed by atoms with Gasteiger partial charge in [-0.25, -0.2) is 13.8 Å². The van der Waals surface area contributed by atoms with Crippen LogP contribution in [-0.2, 0) is 19.6 Å². The van der Waals surface area contributed by atoms with E-state index in [1.54, 1.807) is 29.6 Å². The number of carbonyl (C=O) groups is 1. The van der Waals surface area contributed by atoms with Gasteiger partial charge in [0.2, 0.25) is 0 Å². The van der Waals surface area contributed by atoms with E-state index in [1.807, 2.05) is 13.8 Å². The molecule has 0 bridgehead atoms. The van der Waals surface area contributed by atoms with E-state index in [0.717, 1.165) is 22.6 Å². The number of hydrogen-bond acceptors (Lipinski definition) is 4. The van der Waals surface area contributed by atoms with Crippen LogP contribution in [0.5, 0.6) is 0 Å². The lowest BCUT2D eigenvalue weighted by atomic mass is 10.1. The summed E-state index contributed by atoms with van der Waals surface area (Å²) in [4.78, 5) is 18.9. The maximum atomic E-state index is 13.3. The van der Waals surface area contributed by atoms with Crippen molar-refractivity contribution in [2.75, 3.05) is 0 Å². The molecule has 1 aromatic heterocycles. The van der Waals surface area contributed by atoms with E-state index in [2.05, 4.69) is 15.2 Å². The van der Waals surface area contributed by atoms with Crippen LogP contribution in [0.25, 0.3) is 0 Å². The molecule has 7 heteroatoms. The Morgan fingerprint density at radius 2 is 1.53 bits per heavy atom. The van der Waals surface area contributed by atoms with Gasteiger partial charge in [0.25, 0.3) is 5.91 Å². The summed E-state index contributed by atoms with van der Waals surface area (Å²) in [6, 6.07) is 12.8. The molecule has 1 unspecified atom stereocenters. The maximum Gasteiger partial charge on any atom is 0.270 e. The fraction of sp³-hybridized carbons (Fsp3) is 0.304. The van der Waals surface area contributed by atoms with E-state index < -0.39 is 0 Å². The number of carbonyl (C=O) groups excluding carboxylic acids is 1. The van der Waals surface area contributed by atoms with Crippen molar-refractivity contribution in [2.45, 2.75) is 45.9 Å². The Bertz CT molecular complexity index is 910. The van der Waals surface area contributed by atoms with Crippen molar-refractivity contribution >= 4 is 17.2 Å². The zero-order chi connectivity index (χ0) is 21.5. The van der Waals surface area contributed by atoms with Gasteiger partial charge in [0.15, 0.2) is 0 Å². The molecule has 1 amide bonds. The highest BCUT2D eigenvalue weighted by atomic mass is 32.1. The van der Waals surface area contributed by atoms with E-state index in [-0.39, 0.29) is 23.6 Å². The van der Waals surface area contributed by atoms with Crippen LogP contribution >= 0.6 is 11.3 Å². The molecule has 1 heterocycles. The van der Waals surface area contributed by atoms with Crippen molar-refractivity contribution in [3.63, 3.8) is 0 Å². The third kappa shape index (κ3) is 6.43. The van der Waals surface area contributed by atoms with Crippen molar-refractivity contribution < 1.29 is 13.6 Å². The topological polar surface area (TPSA) is 45.2 Å². The fourth-order valence-corrected chi connectivity index (χ4v) is 3.76. The van der Waals surface area contributed by atoms with Crippen LogP contribution in [-0.4, -0.2) is 21.8 Å². The Morgan fingerprint density at radius 1 is 1.00 bits per heavy atom. The normalized spacial score (nSPS) is 12.2. The molecule has 0 fully saturated rings. The first-order valence-corrected chi connectivity index (χ1v) is 10.8. The van der Waals surface area contributed by atoms with Gasteiger partial charge in [-0.2, -0.15) is 0 Å². The van der Waals surface area contributed by atoms with Gasteiger partial charge >= 0.3 is 0 Å². The summed E-state index contributed by atoms with van der Waals surface area (Å²) in [5, 5.41) is 5.50. The third-order valence-corrected chi connectivity index (χ3v) is 5.61. The van der Waals surface area contributed by atoms with Crippen LogP contribution in [0.2, 0.25) is 0 Å². The molecule has 1 atom stereocenters. The number of halogens is 2. The third-order valence-electron chi connectivity index (χ3n) is 4.77. The Morgan fingerprint density at radius 3 is 2.03 bits per heavy atom. The molecule has 0 radical (unpaired) electrons. The second-order valence-corrected chi connectivity index (χ2v) is 8.25. The van der Waals surface area contributed by atoms with Crippen molar-refractivity contribution in [3.05, 3.63) is 87.4 Å². The molecule has 2 aromatic carbocycles. The molecule has 0 saturated carbocycles. The summed E-state index contributed by atoms with van der Waals surface area (Å²) in [6.07, 6.45) is 0.853. The van der Waals surface area contributed by atoms with Gasteiger partial charge in [0.05, 0.1) is 6.54 Å². The quantitative estimate of drug-likeness (QED) is 0.512. The van der Waals surface area contributed by atoms with Crippen molar-refractivity contribution in [1.82, 2.24) is 15.2 Å². The summed E-state index contributed by atoms with van der Waals surface area (Å²) in [5.41, 5.74) is 2.34. The predicted octanol–water partition coefficient (Wildman–Crippen LogP) is 5.15. The molecule has 3 rings (SSSR count). The zero-order valence-corrected chi connectivity index (χ0v) is 17.9. The number of hydrogen-bond donors (Lipinski definition) is 1. The van der Waals surface area contributed by atoms with Gasteiger partial charge in [0, 0.05) is 24.5 Å². The van der Waals surface area contributed by atoms with Gasteiger partial charge in [-0.3, -0.25) is 9.69 Å². The number of rotatable bonds is 9. The van der Waals surface area contributed by atoms with Crippen LogP contribution < -0.4 is 5.32 Å².